The largest absolute Gasteiger partial charge is 0.368 e. The van der Waals surface area contributed by atoms with Crippen molar-refractivity contribution in [3.8, 4) is 11.4 Å². The Balaban J connectivity index is 2.15. The minimum Gasteiger partial charge on any atom is -0.368 e. The number of nitrogens with one attached hydrogen (secondary N) is 4. The molecule has 4 N–H and O–H groups in total. The maximum Gasteiger partial charge on any atom is 0.219 e. The van der Waals surface area contributed by atoms with E-state index in [0.29, 0.717) is 50.1 Å². The molecule has 0 aliphatic rings. The fourth-order valence-electron chi connectivity index (χ4n) is 2.50. The summed E-state index contributed by atoms with van der Waals surface area (Å²) in [5, 5.41) is 12.1. The molecule has 0 aliphatic carbocycles. The van der Waals surface area contributed by atoms with E-state index in [0.717, 1.165) is 11.1 Å². The van der Waals surface area contributed by atoms with E-state index in [1.54, 1.807) is 0 Å². The van der Waals surface area contributed by atoms with Crippen molar-refractivity contribution in [2.45, 2.75) is 27.2 Å². The molecule has 2 amide bonds. The molecule has 2 rings (SSSR count). The van der Waals surface area contributed by atoms with Crippen molar-refractivity contribution < 1.29 is 9.59 Å². The highest BCUT2D eigenvalue weighted by atomic mass is 16.2. The van der Waals surface area contributed by atoms with E-state index in [1.165, 1.54) is 6.92 Å². The van der Waals surface area contributed by atoms with Crippen LogP contribution in [0.1, 0.15) is 25.8 Å². The molecule has 1 aromatic carbocycles. The van der Waals surface area contributed by atoms with E-state index in [1.807, 2.05) is 44.2 Å². The van der Waals surface area contributed by atoms with E-state index >= 15 is 0 Å². The first-order valence-corrected chi connectivity index (χ1v) is 9.44. The molecular formula is C20H28N6O2. The minimum absolute atomic E-state index is 0.0199. The van der Waals surface area contributed by atoms with E-state index < -0.39 is 0 Å². The van der Waals surface area contributed by atoms with Gasteiger partial charge in [0.15, 0.2) is 5.82 Å². The standard InChI is InChI=1S/C20H28N6O2/c1-4-17(28)22-11-13-24-19-14(2)18(23-12-10-21-15(3)27)25-20(26-19)16-8-6-5-7-9-16/h5-9H,4,10-13H2,1-3H3,(H,21,27)(H,22,28)(H2,23,24,25,26). The lowest BCUT2D eigenvalue weighted by molar-refractivity contribution is -0.121. The average molecular weight is 384 g/mol. The molecule has 0 atom stereocenters. The number of hydrogen-bond donors (Lipinski definition) is 4. The molecular weight excluding hydrogens is 356 g/mol. The highest BCUT2D eigenvalue weighted by Gasteiger charge is 2.12. The molecule has 1 aromatic heterocycles. The van der Waals surface area contributed by atoms with E-state index in [9.17, 15) is 9.59 Å². The Hall–Kier alpha value is -3.16. The Bertz CT molecular complexity index is 795. The van der Waals surface area contributed by atoms with Crippen LogP contribution >= 0.6 is 0 Å². The van der Waals surface area contributed by atoms with Gasteiger partial charge in [0.2, 0.25) is 11.8 Å². The summed E-state index contributed by atoms with van der Waals surface area (Å²) in [6, 6.07) is 9.74. The summed E-state index contributed by atoms with van der Waals surface area (Å²) in [4.78, 5) is 31.7. The Morgan fingerprint density at radius 3 is 2.00 bits per heavy atom. The Morgan fingerprint density at radius 2 is 1.46 bits per heavy atom. The van der Waals surface area contributed by atoms with Crippen molar-refractivity contribution >= 4 is 23.5 Å². The van der Waals surface area contributed by atoms with Crippen molar-refractivity contribution in [3.05, 3.63) is 35.9 Å². The number of aromatic nitrogens is 2. The van der Waals surface area contributed by atoms with Crippen molar-refractivity contribution in [3.63, 3.8) is 0 Å². The maximum atomic E-state index is 11.4. The summed E-state index contributed by atoms with van der Waals surface area (Å²) in [5.41, 5.74) is 1.79. The second-order valence-electron chi connectivity index (χ2n) is 6.28. The molecule has 150 valence electrons. The van der Waals surface area contributed by atoms with Crippen LogP contribution in [-0.4, -0.2) is 48.0 Å². The summed E-state index contributed by atoms with van der Waals surface area (Å²) in [6.07, 6.45) is 0.465. The van der Waals surface area contributed by atoms with Crippen molar-refractivity contribution in [1.29, 1.82) is 0 Å². The predicted molar refractivity (Wildman–Crippen MR) is 111 cm³/mol. The number of carbonyl (C=O) groups is 2. The smallest absolute Gasteiger partial charge is 0.219 e. The molecule has 0 radical (unpaired) electrons. The SMILES string of the molecule is CCC(=O)NCCNc1nc(-c2ccccc2)nc(NCCNC(C)=O)c1C. The van der Waals surface area contributed by atoms with Gasteiger partial charge in [0.25, 0.3) is 0 Å². The highest BCUT2D eigenvalue weighted by molar-refractivity contribution is 5.75. The summed E-state index contributed by atoms with van der Waals surface area (Å²) in [7, 11) is 0. The topological polar surface area (TPSA) is 108 Å². The monoisotopic (exact) mass is 384 g/mol. The van der Waals surface area contributed by atoms with E-state index in [4.69, 9.17) is 0 Å². The van der Waals surface area contributed by atoms with Crippen LogP contribution < -0.4 is 21.3 Å². The van der Waals surface area contributed by atoms with Gasteiger partial charge < -0.3 is 21.3 Å². The number of amides is 2. The summed E-state index contributed by atoms with van der Waals surface area (Å²) >= 11 is 0. The van der Waals surface area contributed by atoms with E-state index in [2.05, 4.69) is 31.2 Å². The lowest BCUT2D eigenvalue weighted by atomic mass is 10.2. The fraction of sp³-hybridized carbons (Fsp3) is 0.400. The molecule has 0 aliphatic heterocycles. The highest BCUT2D eigenvalue weighted by Crippen LogP contribution is 2.24. The molecule has 0 saturated carbocycles. The van der Waals surface area contributed by atoms with Crippen molar-refractivity contribution in [2.24, 2.45) is 0 Å². The first kappa shape index (κ1) is 21.1. The zero-order valence-corrected chi connectivity index (χ0v) is 16.6. The fourth-order valence-corrected chi connectivity index (χ4v) is 2.50. The number of rotatable bonds is 10. The molecule has 0 spiro atoms. The average Bonchev–Trinajstić information content (AvgIpc) is 2.70. The van der Waals surface area contributed by atoms with Gasteiger partial charge >= 0.3 is 0 Å². The van der Waals surface area contributed by atoms with E-state index in [-0.39, 0.29) is 11.8 Å². The third-order valence-corrected chi connectivity index (χ3v) is 4.03. The Kier molecular flexibility index (Phi) is 8.20. The second kappa shape index (κ2) is 10.9. The third-order valence-electron chi connectivity index (χ3n) is 4.03. The number of benzene rings is 1. The van der Waals surface area contributed by atoms with Crippen LogP contribution in [0, 0.1) is 6.92 Å². The number of carbonyl (C=O) groups excluding carboxylic acids is 2. The van der Waals surface area contributed by atoms with Gasteiger partial charge in [-0.3, -0.25) is 9.59 Å². The second-order valence-corrected chi connectivity index (χ2v) is 6.28. The number of anilines is 2. The van der Waals surface area contributed by atoms with Crippen molar-refractivity contribution in [1.82, 2.24) is 20.6 Å². The van der Waals surface area contributed by atoms with Gasteiger partial charge in [0.05, 0.1) is 0 Å². The normalized spacial score (nSPS) is 10.2. The van der Waals surface area contributed by atoms with Gasteiger partial charge in [-0.25, -0.2) is 9.97 Å². The van der Waals surface area contributed by atoms with Crippen LogP contribution in [0.15, 0.2) is 30.3 Å². The molecule has 8 nitrogen and oxygen atoms in total. The molecule has 8 heteroatoms. The first-order chi connectivity index (χ1) is 13.5. The maximum absolute atomic E-state index is 11.4. The van der Waals surface area contributed by atoms with Crippen LogP contribution in [0.4, 0.5) is 11.6 Å². The molecule has 1 heterocycles. The Morgan fingerprint density at radius 1 is 0.893 bits per heavy atom. The summed E-state index contributed by atoms with van der Waals surface area (Å²) < 4.78 is 0. The zero-order chi connectivity index (χ0) is 20.4. The quantitative estimate of drug-likeness (QED) is 0.466. The van der Waals surface area contributed by atoms with Crippen LogP contribution in [-0.2, 0) is 9.59 Å². The molecule has 0 fully saturated rings. The summed E-state index contributed by atoms with van der Waals surface area (Å²) in [6.45, 7) is 7.38. The third kappa shape index (κ3) is 6.53. The lowest BCUT2D eigenvalue weighted by Crippen LogP contribution is -2.28. The predicted octanol–water partition coefficient (Wildman–Crippen LogP) is 1.94. The van der Waals surface area contributed by atoms with Gasteiger partial charge in [-0.05, 0) is 6.92 Å². The molecule has 0 unspecified atom stereocenters. The van der Waals surface area contributed by atoms with Crippen LogP contribution in [0.2, 0.25) is 0 Å². The number of nitrogens with zero attached hydrogens (tertiary/aromatic N) is 2. The van der Waals surface area contributed by atoms with Gasteiger partial charge in [-0.15, -0.1) is 0 Å². The molecule has 0 bridgehead atoms. The van der Waals surface area contributed by atoms with Crippen LogP contribution in [0.5, 0.6) is 0 Å². The van der Waals surface area contributed by atoms with Gasteiger partial charge in [0.1, 0.15) is 11.6 Å². The van der Waals surface area contributed by atoms with Gasteiger partial charge in [0, 0.05) is 50.7 Å². The molecule has 0 saturated heterocycles. The molecule has 2 aromatic rings. The molecule has 28 heavy (non-hydrogen) atoms. The van der Waals surface area contributed by atoms with Crippen molar-refractivity contribution in [2.75, 3.05) is 36.8 Å². The summed E-state index contributed by atoms with van der Waals surface area (Å²) in [5.74, 6) is 1.98. The van der Waals surface area contributed by atoms with Crippen LogP contribution in [0.25, 0.3) is 11.4 Å². The first-order valence-electron chi connectivity index (χ1n) is 9.44. The lowest BCUT2D eigenvalue weighted by Gasteiger charge is -2.16. The van der Waals surface area contributed by atoms with Gasteiger partial charge in [-0.2, -0.15) is 0 Å². The minimum atomic E-state index is -0.0670. The number of hydrogen-bond acceptors (Lipinski definition) is 6. The van der Waals surface area contributed by atoms with Gasteiger partial charge in [-0.1, -0.05) is 37.3 Å². The van der Waals surface area contributed by atoms with Crippen LogP contribution in [0.3, 0.4) is 0 Å². The Labute approximate surface area is 165 Å². The zero-order valence-electron chi connectivity index (χ0n) is 16.6.